The molecule has 4 atom stereocenters. The normalized spacial score (nSPS) is 28.5. The van der Waals surface area contributed by atoms with E-state index in [-0.39, 0.29) is 34.2 Å². The summed E-state index contributed by atoms with van der Waals surface area (Å²) in [5, 5.41) is 7.36. The summed E-state index contributed by atoms with van der Waals surface area (Å²) in [6, 6.07) is 37.0. The van der Waals surface area contributed by atoms with E-state index >= 15 is 0 Å². The summed E-state index contributed by atoms with van der Waals surface area (Å²) >= 11 is 0. The van der Waals surface area contributed by atoms with Crippen LogP contribution in [0.3, 0.4) is 0 Å². The quantitative estimate of drug-likeness (QED) is 0.218. The third kappa shape index (κ3) is 5.37. The number of ether oxygens (including phenoxy) is 2. The summed E-state index contributed by atoms with van der Waals surface area (Å²) in [7, 11) is 0. The van der Waals surface area contributed by atoms with Crippen molar-refractivity contribution < 1.29 is 19.1 Å². The Labute approximate surface area is 306 Å². The van der Waals surface area contributed by atoms with Crippen LogP contribution in [-0.4, -0.2) is 11.6 Å². The number of carbonyl (C=O) groups excluding carboxylic acids is 2. The lowest BCUT2D eigenvalue weighted by Gasteiger charge is -2.51. The molecule has 4 aromatic rings. The molecule has 264 valence electrons. The molecule has 6 nitrogen and oxygen atoms in total. The molecule has 0 unspecified atom stereocenters. The van der Waals surface area contributed by atoms with Crippen LogP contribution in [0, 0.1) is 10.8 Å². The molecule has 0 aromatic heterocycles. The molecular formula is C46H46N2O4. The van der Waals surface area contributed by atoms with Crippen LogP contribution in [0.5, 0.6) is 11.5 Å². The summed E-state index contributed by atoms with van der Waals surface area (Å²) in [6.45, 7) is 8.69. The van der Waals surface area contributed by atoms with Gasteiger partial charge in [-0.15, -0.1) is 0 Å². The van der Waals surface area contributed by atoms with E-state index in [2.05, 4.69) is 74.7 Å². The minimum absolute atomic E-state index is 0.0219. The zero-order valence-electron chi connectivity index (χ0n) is 30.4. The lowest BCUT2D eigenvalue weighted by molar-refractivity contribution is -0.120. The Bertz CT molecular complexity index is 2010. The average molecular weight is 691 g/mol. The Kier molecular flexibility index (Phi) is 7.38. The van der Waals surface area contributed by atoms with Gasteiger partial charge in [0, 0.05) is 82.3 Å². The molecule has 2 aliphatic carbocycles. The third-order valence-electron chi connectivity index (χ3n) is 11.9. The fourth-order valence-electron chi connectivity index (χ4n) is 9.75. The van der Waals surface area contributed by atoms with Crippen molar-refractivity contribution in [2.24, 2.45) is 10.8 Å². The van der Waals surface area contributed by atoms with Crippen molar-refractivity contribution in [2.75, 3.05) is 0 Å². The maximum absolute atomic E-state index is 13.1. The highest BCUT2D eigenvalue weighted by molar-refractivity contribution is 6.00. The highest BCUT2D eigenvalue weighted by Gasteiger charge is 2.53. The molecule has 2 N–H and O–H groups in total. The summed E-state index contributed by atoms with van der Waals surface area (Å²) in [5.74, 6) is 2.52. The Hall–Kier alpha value is -5.10. The van der Waals surface area contributed by atoms with Crippen LogP contribution in [-0.2, 0) is 21.0 Å². The highest BCUT2D eigenvalue weighted by atomic mass is 16.5. The molecule has 4 aliphatic heterocycles. The van der Waals surface area contributed by atoms with Crippen LogP contribution in [0.15, 0.2) is 132 Å². The number of allylic oxidation sites excluding steroid dienone is 4. The van der Waals surface area contributed by atoms with Crippen molar-refractivity contribution in [1.29, 1.82) is 0 Å². The van der Waals surface area contributed by atoms with Crippen molar-refractivity contribution in [3.63, 3.8) is 0 Å². The molecule has 0 amide bonds. The second-order valence-corrected chi connectivity index (χ2v) is 17.1. The molecule has 0 saturated heterocycles. The van der Waals surface area contributed by atoms with Gasteiger partial charge in [-0.1, -0.05) is 125 Å². The summed E-state index contributed by atoms with van der Waals surface area (Å²) in [4.78, 5) is 26.1. The van der Waals surface area contributed by atoms with Gasteiger partial charge in [0.15, 0.2) is 11.6 Å². The molecule has 0 radical (unpaired) electrons. The first kappa shape index (κ1) is 32.8. The van der Waals surface area contributed by atoms with Crippen LogP contribution in [0.2, 0.25) is 0 Å². The number of para-hydroxylation sites is 2. The van der Waals surface area contributed by atoms with Crippen molar-refractivity contribution in [2.45, 2.75) is 89.5 Å². The maximum Gasteiger partial charge on any atom is 0.207 e. The number of Topliss-reactive ketones (excluding diaryl/α,β-unsaturated/α-hetero) is 2. The number of hydrogen-bond donors (Lipinski definition) is 2. The van der Waals surface area contributed by atoms with Gasteiger partial charge < -0.3 is 20.1 Å². The standard InChI is InChI=1S/2C23H23NO2/c2*1-22(2)13-18-21(19(25)14-22)17-12-23(24-18,15-8-4-3-5-9-15)26-20-11-7-6-10-16(17)20/h2*3-11,17,24H,12-14H2,1-2H3/t2*17-,23+/m00/s1. The Morgan fingerprint density at radius 3 is 1.27 bits per heavy atom. The fraction of sp³-hybridized carbons (Fsp3) is 0.348. The van der Waals surface area contributed by atoms with Crippen molar-refractivity contribution in [3.8, 4) is 11.5 Å². The van der Waals surface area contributed by atoms with Gasteiger partial charge in [0.2, 0.25) is 11.4 Å². The monoisotopic (exact) mass is 690 g/mol. The molecule has 4 heterocycles. The zero-order valence-corrected chi connectivity index (χ0v) is 30.4. The number of ketones is 2. The Balaban J connectivity index is 0.000000138. The van der Waals surface area contributed by atoms with Crippen LogP contribution < -0.4 is 20.1 Å². The summed E-state index contributed by atoms with van der Waals surface area (Å²) in [5.41, 5.74) is 7.35. The molecule has 0 saturated carbocycles. The molecule has 0 spiro atoms. The zero-order chi connectivity index (χ0) is 35.9. The largest absolute Gasteiger partial charge is 0.464 e. The molecular weight excluding hydrogens is 645 g/mol. The molecule has 4 aromatic carbocycles. The van der Waals surface area contributed by atoms with Crippen molar-refractivity contribution in [3.05, 3.63) is 154 Å². The summed E-state index contributed by atoms with van der Waals surface area (Å²) in [6.07, 6.45) is 4.49. The minimum atomic E-state index is -0.604. The van der Waals surface area contributed by atoms with Crippen LogP contribution >= 0.6 is 0 Å². The first-order chi connectivity index (χ1) is 24.9. The number of hydrogen-bond acceptors (Lipinski definition) is 6. The second-order valence-electron chi connectivity index (χ2n) is 17.1. The van der Waals surface area contributed by atoms with E-state index in [4.69, 9.17) is 9.47 Å². The van der Waals surface area contributed by atoms with E-state index in [1.54, 1.807) is 0 Å². The maximum atomic E-state index is 13.1. The SMILES string of the molecule is CC1(C)CC(=O)C2=C(C1)N[C@]1(c3ccccc3)C[C@H]2c2ccccc2O1.CC1(C)CC(=O)C2=C(C1)N[C@]1(c3ccccc3)C[C@H]2c2ccccc2O1. The van der Waals surface area contributed by atoms with Crippen molar-refractivity contribution >= 4 is 11.6 Å². The van der Waals surface area contributed by atoms with Gasteiger partial charge in [-0.2, -0.15) is 0 Å². The molecule has 52 heavy (non-hydrogen) atoms. The molecule has 6 aliphatic rings. The second kappa shape index (κ2) is 11.7. The van der Waals surface area contributed by atoms with Gasteiger partial charge in [0.05, 0.1) is 0 Å². The third-order valence-corrected chi connectivity index (χ3v) is 11.9. The molecule has 10 rings (SSSR count). The van der Waals surface area contributed by atoms with Gasteiger partial charge >= 0.3 is 0 Å². The van der Waals surface area contributed by atoms with Crippen LogP contribution in [0.1, 0.15) is 100 Å². The van der Waals surface area contributed by atoms with E-state index in [0.717, 1.165) is 82.0 Å². The predicted molar refractivity (Wildman–Crippen MR) is 201 cm³/mol. The van der Waals surface area contributed by atoms with E-state index in [0.29, 0.717) is 12.8 Å². The minimum Gasteiger partial charge on any atom is -0.464 e. The number of fused-ring (bicyclic) bond motifs is 10. The predicted octanol–water partition coefficient (Wildman–Crippen LogP) is 9.30. The fourth-order valence-corrected chi connectivity index (χ4v) is 9.75. The lowest BCUT2D eigenvalue weighted by atomic mass is 9.67. The number of rotatable bonds is 2. The van der Waals surface area contributed by atoms with Crippen LogP contribution in [0.25, 0.3) is 0 Å². The molecule has 4 bridgehead atoms. The topological polar surface area (TPSA) is 76.7 Å². The average Bonchev–Trinajstić information content (AvgIpc) is 3.11. The number of carbonyl (C=O) groups is 2. The van der Waals surface area contributed by atoms with Gasteiger partial charge in [0.25, 0.3) is 0 Å². The van der Waals surface area contributed by atoms with E-state index in [9.17, 15) is 9.59 Å². The van der Waals surface area contributed by atoms with Gasteiger partial charge in [-0.05, 0) is 35.8 Å². The lowest BCUT2D eigenvalue weighted by Crippen LogP contribution is -2.55. The van der Waals surface area contributed by atoms with Crippen LogP contribution in [0.4, 0.5) is 0 Å². The highest BCUT2D eigenvalue weighted by Crippen LogP contribution is 2.56. The first-order valence-corrected chi connectivity index (χ1v) is 18.7. The van der Waals surface area contributed by atoms with E-state index < -0.39 is 11.4 Å². The Morgan fingerprint density at radius 2 is 0.865 bits per heavy atom. The van der Waals surface area contributed by atoms with Gasteiger partial charge in [0.1, 0.15) is 11.5 Å². The molecule has 0 fully saturated rings. The van der Waals surface area contributed by atoms with Gasteiger partial charge in [-0.25, -0.2) is 0 Å². The van der Waals surface area contributed by atoms with Crippen molar-refractivity contribution in [1.82, 2.24) is 10.6 Å². The number of nitrogens with one attached hydrogen (secondary N) is 2. The van der Waals surface area contributed by atoms with Gasteiger partial charge in [-0.3, -0.25) is 9.59 Å². The smallest absolute Gasteiger partial charge is 0.207 e. The Morgan fingerprint density at radius 1 is 0.500 bits per heavy atom. The number of benzene rings is 4. The first-order valence-electron chi connectivity index (χ1n) is 18.7. The molecule has 6 heteroatoms. The summed E-state index contributed by atoms with van der Waals surface area (Å²) < 4.78 is 13.1. The van der Waals surface area contributed by atoms with E-state index in [1.807, 2.05) is 72.8 Å². The van der Waals surface area contributed by atoms with E-state index in [1.165, 1.54) is 0 Å².